The highest BCUT2D eigenvalue weighted by atomic mass is 16.2. The van der Waals surface area contributed by atoms with E-state index < -0.39 is 0 Å². The van der Waals surface area contributed by atoms with Gasteiger partial charge >= 0.3 is 0 Å². The van der Waals surface area contributed by atoms with Gasteiger partial charge in [-0.05, 0) is 30.9 Å². The number of fused-ring (bicyclic) bond motifs is 1. The highest BCUT2D eigenvalue weighted by molar-refractivity contribution is 5.86. The van der Waals surface area contributed by atoms with Gasteiger partial charge in [0.15, 0.2) is 0 Å². The van der Waals surface area contributed by atoms with Gasteiger partial charge in [-0.1, -0.05) is 79.2 Å². The van der Waals surface area contributed by atoms with Gasteiger partial charge in [0, 0.05) is 12.5 Å². The van der Waals surface area contributed by atoms with Crippen LogP contribution in [0.3, 0.4) is 0 Å². The van der Waals surface area contributed by atoms with E-state index >= 15 is 0 Å². The number of hydrogen-bond donors (Lipinski definition) is 0. The molecular weight excluding hydrogens is 306 g/mol. The molecule has 0 radical (unpaired) electrons. The minimum Gasteiger partial charge on any atom is -0.330 e. The number of nitrogens with zero attached hydrogens (tertiary/aromatic N) is 1. The standard InChI is InChI=1S/C23H25NO/c1-17-9-8-12-19(15-17)21-20-13-6-7-14-23(20,2)22(25)24(21)16-18-10-4-3-5-11-18/h3-6,8-13,15,20-21H,7,14,16H2,1-2H3/t20-,21-,23+/m0/s1. The Balaban J connectivity index is 1.79. The van der Waals surface area contributed by atoms with Gasteiger partial charge in [0.1, 0.15) is 0 Å². The van der Waals surface area contributed by atoms with E-state index in [9.17, 15) is 4.79 Å². The first-order valence-electron chi connectivity index (χ1n) is 9.18. The summed E-state index contributed by atoms with van der Waals surface area (Å²) in [6.45, 7) is 4.97. The van der Waals surface area contributed by atoms with Crippen molar-refractivity contribution in [2.45, 2.75) is 39.3 Å². The van der Waals surface area contributed by atoms with Crippen LogP contribution < -0.4 is 0 Å². The lowest BCUT2D eigenvalue weighted by molar-refractivity contribution is -0.137. The van der Waals surface area contributed by atoms with Crippen LogP contribution in [0.25, 0.3) is 0 Å². The fourth-order valence-corrected chi connectivity index (χ4v) is 4.55. The van der Waals surface area contributed by atoms with Crippen LogP contribution in [-0.4, -0.2) is 10.8 Å². The summed E-state index contributed by atoms with van der Waals surface area (Å²) in [7, 11) is 0. The van der Waals surface area contributed by atoms with Crippen LogP contribution in [0.15, 0.2) is 66.7 Å². The Morgan fingerprint density at radius 2 is 1.92 bits per heavy atom. The molecule has 1 amide bonds. The summed E-state index contributed by atoms with van der Waals surface area (Å²) < 4.78 is 0. The zero-order chi connectivity index (χ0) is 17.4. The van der Waals surface area contributed by atoms with Crippen LogP contribution in [0.1, 0.15) is 42.5 Å². The molecule has 1 heterocycles. The molecule has 0 aromatic heterocycles. The topological polar surface area (TPSA) is 20.3 Å². The van der Waals surface area contributed by atoms with Gasteiger partial charge in [-0.15, -0.1) is 0 Å². The minimum absolute atomic E-state index is 0.120. The zero-order valence-electron chi connectivity index (χ0n) is 15.0. The first kappa shape index (κ1) is 16.1. The van der Waals surface area contributed by atoms with Crippen LogP contribution in [0.5, 0.6) is 0 Å². The molecule has 2 heteroatoms. The average molecular weight is 331 g/mol. The lowest BCUT2D eigenvalue weighted by atomic mass is 9.69. The smallest absolute Gasteiger partial charge is 0.230 e. The largest absolute Gasteiger partial charge is 0.330 e. The molecule has 2 aromatic rings. The third-order valence-corrected chi connectivity index (χ3v) is 5.91. The van der Waals surface area contributed by atoms with E-state index in [1.165, 1.54) is 16.7 Å². The van der Waals surface area contributed by atoms with Gasteiger partial charge in [-0.25, -0.2) is 0 Å². The summed E-state index contributed by atoms with van der Waals surface area (Å²) in [5, 5.41) is 0. The van der Waals surface area contributed by atoms with Crippen molar-refractivity contribution in [2.75, 3.05) is 0 Å². The lowest BCUT2D eigenvalue weighted by Gasteiger charge is -2.31. The number of hydrogen-bond acceptors (Lipinski definition) is 1. The molecule has 4 rings (SSSR count). The van der Waals surface area contributed by atoms with Crippen LogP contribution in [-0.2, 0) is 11.3 Å². The number of benzene rings is 2. The SMILES string of the molecule is Cc1cccc([C@H]2[C@@H]3C=CCC[C@@]3(C)C(=O)N2Cc2ccccc2)c1. The van der Waals surface area contributed by atoms with Crippen LogP contribution in [0.2, 0.25) is 0 Å². The average Bonchev–Trinajstić information content (AvgIpc) is 2.84. The van der Waals surface area contributed by atoms with Gasteiger partial charge in [0.05, 0.1) is 11.5 Å². The first-order chi connectivity index (χ1) is 12.1. The van der Waals surface area contributed by atoms with Gasteiger partial charge in [0.25, 0.3) is 0 Å². The molecule has 128 valence electrons. The molecule has 0 spiro atoms. The molecule has 1 saturated heterocycles. The van der Waals surface area contributed by atoms with Crippen LogP contribution >= 0.6 is 0 Å². The van der Waals surface area contributed by atoms with E-state index in [2.05, 4.69) is 67.3 Å². The fraction of sp³-hybridized carbons (Fsp3) is 0.348. The molecule has 0 bridgehead atoms. The third kappa shape index (κ3) is 2.70. The molecule has 1 aliphatic heterocycles. The fourth-order valence-electron chi connectivity index (χ4n) is 4.55. The van der Waals surface area contributed by atoms with Crippen molar-refractivity contribution in [1.82, 2.24) is 4.90 Å². The van der Waals surface area contributed by atoms with E-state index in [-0.39, 0.29) is 17.4 Å². The number of aryl methyl sites for hydroxylation is 1. The van der Waals surface area contributed by atoms with Gasteiger partial charge in [0.2, 0.25) is 5.91 Å². The number of carbonyl (C=O) groups is 1. The van der Waals surface area contributed by atoms with Gasteiger partial charge in [-0.3, -0.25) is 4.79 Å². The molecule has 1 aliphatic carbocycles. The zero-order valence-corrected chi connectivity index (χ0v) is 15.0. The highest BCUT2D eigenvalue weighted by Gasteiger charge is 2.55. The Hall–Kier alpha value is -2.35. The summed E-state index contributed by atoms with van der Waals surface area (Å²) >= 11 is 0. The molecule has 25 heavy (non-hydrogen) atoms. The monoisotopic (exact) mass is 331 g/mol. The molecule has 2 aromatic carbocycles. The minimum atomic E-state index is -0.280. The number of amides is 1. The predicted octanol–water partition coefficient (Wildman–Crippen LogP) is 5.05. The summed E-state index contributed by atoms with van der Waals surface area (Å²) in [5.74, 6) is 0.552. The second-order valence-electron chi connectivity index (χ2n) is 7.69. The van der Waals surface area contributed by atoms with Gasteiger partial charge in [-0.2, -0.15) is 0 Å². The molecule has 0 N–H and O–H groups in total. The third-order valence-electron chi connectivity index (χ3n) is 5.91. The Labute approximate surface area is 150 Å². The van der Waals surface area contributed by atoms with Crippen molar-refractivity contribution >= 4 is 5.91 Å². The van der Waals surface area contributed by atoms with E-state index in [1.54, 1.807) is 0 Å². The summed E-state index contributed by atoms with van der Waals surface area (Å²) in [4.78, 5) is 15.5. The summed E-state index contributed by atoms with van der Waals surface area (Å²) in [6.07, 6.45) is 6.49. The Bertz CT molecular complexity index is 810. The highest BCUT2D eigenvalue weighted by Crippen LogP contribution is 2.54. The van der Waals surface area contributed by atoms with Crippen LogP contribution in [0.4, 0.5) is 0 Å². The van der Waals surface area contributed by atoms with Crippen molar-refractivity contribution in [3.05, 3.63) is 83.4 Å². The molecule has 2 nitrogen and oxygen atoms in total. The maximum atomic E-state index is 13.4. The molecule has 0 unspecified atom stereocenters. The number of carbonyl (C=O) groups excluding carboxylic acids is 1. The maximum Gasteiger partial charge on any atom is 0.230 e. The number of allylic oxidation sites excluding steroid dienone is 1. The summed E-state index contributed by atoms with van der Waals surface area (Å²) in [6, 6.07) is 19.1. The first-order valence-corrected chi connectivity index (χ1v) is 9.18. The van der Waals surface area contributed by atoms with E-state index in [4.69, 9.17) is 0 Å². The Kier molecular flexibility index (Phi) is 3.99. The molecule has 1 fully saturated rings. The molecule has 3 atom stereocenters. The van der Waals surface area contributed by atoms with Crippen molar-refractivity contribution in [1.29, 1.82) is 0 Å². The van der Waals surface area contributed by atoms with E-state index in [0.717, 1.165) is 12.8 Å². The van der Waals surface area contributed by atoms with Crippen LogP contribution in [0, 0.1) is 18.3 Å². The maximum absolute atomic E-state index is 13.4. The molecular formula is C23H25NO. The van der Waals surface area contributed by atoms with Crippen molar-refractivity contribution in [3.63, 3.8) is 0 Å². The normalized spacial score (nSPS) is 28.2. The molecule has 2 aliphatic rings. The van der Waals surface area contributed by atoms with Gasteiger partial charge < -0.3 is 4.90 Å². The van der Waals surface area contributed by atoms with Crippen molar-refractivity contribution in [3.8, 4) is 0 Å². The second kappa shape index (κ2) is 6.18. The summed E-state index contributed by atoms with van der Waals surface area (Å²) in [5.41, 5.74) is 3.42. The predicted molar refractivity (Wildman–Crippen MR) is 101 cm³/mol. The quantitative estimate of drug-likeness (QED) is 0.721. The number of likely N-dealkylation sites (tertiary alicyclic amines) is 1. The van der Waals surface area contributed by atoms with Crippen molar-refractivity contribution in [2.24, 2.45) is 11.3 Å². The second-order valence-corrected chi connectivity index (χ2v) is 7.69. The Morgan fingerprint density at radius 1 is 1.12 bits per heavy atom. The van der Waals surface area contributed by atoms with Crippen molar-refractivity contribution < 1.29 is 4.79 Å². The van der Waals surface area contributed by atoms with E-state index in [1.807, 2.05) is 18.2 Å². The lowest BCUT2D eigenvalue weighted by Crippen LogP contribution is -2.34. The number of rotatable bonds is 3. The van der Waals surface area contributed by atoms with E-state index in [0.29, 0.717) is 12.5 Å². The molecule has 0 saturated carbocycles. The Morgan fingerprint density at radius 3 is 2.68 bits per heavy atom.